The molecule has 0 saturated heterocycles. The van der Waals surface area contributed by atoms with Crippen molar-refractivity contribution in [2.24, 2.45) is 5.92 Å². The zero-order valence-electron chi connectivity index (χ0n) is 13.5. The SMILES string of the molecule is CCCc1ccc(C(NCc2cc(C)no2)C(C)C)cc1. The number of aryl methyl sites for hydroxylation is 2. The molecule has 1 aromatic carbocycles. The number of nitrogens with zero attached hydrogens (tertiary/aromatic N) is 1. The molecule has 2 aromatic rings. The summed E-state index contributed by atoms with van der Waals surface area (Å²) in [4.78, 5) is 0. The van der Waals surface area contributed by atoms with Crippen molar-refractivity contribution in [3.8, 4) is 0 Å². The molecule has 114 valence electrons. The second-order valence-electron chi connectivity index (χ2n) is 6.03. The first-order valence-corrected chi connectivity index (χ1v) is 7.84. The van der Waals surface area contributed by atoms with Crippen molar-refractivity contribution in [2.75, 3.05) is 0 Å². The smallest absolute Gasteiger partial charge is 0.150 e. The van der Waals surface area contributed by atoms with E-state index in [1.54, 1.807) is 0 Å². The van der Waals surface area contributed by atoms with Crippen LogP contribution in [-0.2, 0) is 13.0 Å². The van der Waals surface area contributed by atoms with Gasteiger partial charge in [0.1, 0.15) is 0 Å². The molecule has 1 N–H and O–H groups in total. The van der Waals surface area contributed by atoms with Crippen LogP contribution in [0.25, 0.3) is 0 Å². The molecule has 0 aliphatic heterocycles. The number of rotatable bonds is 7. The molecule has 0 radical (unpaired) electrons. The molecule has 0 fully saturated rings. The van der Waals surface area contributed by atoms with Gasteiger partial charge in [-0.1, -0.05) is 56.6 Å². The molecular formula is C18H26N2O. The first-order valence-electron chi connectivity index (χ1n) is 7.84. The lowest BCUT2D eigenvalue weighted by Crippen LogP contribution is -2.25. The number of hydrogen-bond acceptors (Lipinski definition) is 3. The van der Waals surface area contributed by atoms with Crippen molar-refractivity contribution in [2.45, 2.75) is 53.1 Å². The fraction of sp³-hybridized carbons (Fsp3) is 0.500. The summed E-state index contributed by atoms with van der Waals surface area (Å²) >= 11 is 0. The molecule has 0 saturated carbocycles. The first kappa shape index (κ1) is 15.8. The molecule has 2 rings (SSSR count). The monoisotopic (exact) mass is 286 g/mol. The Morgan fingerprint density at radius 1 is 1.19 bits per heavy atom. The molecule has 1 aromatic heterocycles. The fourth-order valence-electron chi connectivity index (χ4n) is 2.63. The van der Waals surface area contributed by atoms with E-state index in [9.17, 15) is 0 Å². The van der Waals surface area contributed by atoms with Gasteiger partial charge in [-0.2, -0.15) is 0 Å². The van der Waals surface area contributed by atoms with Gasteiger partial charge in [0.2, 0.25) is 0 Å². The van der Waals surface area contributed by atoms with Crippen LogP contribution in [0.2, 0.25) is 0 Å². The van der Waals surface area contributed by atoms with E-state index in [2.05, 4.69) is 55.5 Å². The van der Waals surface area contributed by atoms with E-state index < -0.39 is 0 Å². The predicted molar refractivity (Wildman–Crippen MR) is 86.1 cm³/mol. The van der Waals surface area contributed by atoms with Crippen LogP contribution in [0, 0.1) is 12.8 Å². The van der Waals surface area contributed by atoms with Gasteiger partial charge in [-0.25, -0.2) is 0 Å². The summed E-state index contributed by atoms with van der Waals surface area (Å²) in [6.07, 6.45) is 2.34. The Morgan fingerprint density at radius 2 is 1.90 bits per heavy atom. The number of aromatic nitrogens is 1. The maximum atomic E-state index is 5.27. The van der Waals surface area contributed by atoms with Crippen molar-refractivity contribution < 1.29 is 4.52 Å². The Kier molecular flexibility index (Phi) is 5.57. The Bertz CT molecular complexity index is 543. The van der Waals surface area contributed by atoms with Crippen LogP contribution >= 0.6 is 0 Å². The molecule has 1 unspecified atom stereocenters. The third-order valence-electron chi connectivity index (χ3n) is 3.72. The standard InChI is InChI=1S/C18H26N2O/c1-5-6-15-7-9-16(10-8-15)18(13(2)3)19-12-17-11-14(4)20-21-17/h7-11,13,18-19H,5-6,12H2,1-4H3. The summed E-state index contributed by atoms with van der Waals surface area (Å²) in [7, 11) is 0. The van der Waals surface area contributed by atoms with E-state index in [0.29, 0.717) is 18.5 Å². The van der Waals surface area contributed by atoms with Gasteiger partial charge < -0.3 is 9.84 Å². The molecule has 1 atom stereocenters. The quantitative estimate of drug-likeness (QED) is 0.818. The van der Waals surface area contributed by atoms with E-state index in [1.165, 1.54) is 17.5 Å². The van der Waals surface area contributed by atoms with Crippen molar-refractivity contribution in [3.63, 3.8) is 0 Å². The first-order chi connectivity index (χ1) is 10.1. The number of nitrogens with one attached hydrogen (secondary N) is 1. The topological polar surface area (TPSA) is 38.1 Å². The van der Waals surface area contributed by atoms with Gasteiger partial charge in [0.05, 0.1) is 12.2 Å². The van der Waals surface area contributed by atoms with Crippen molar-refractivity contribution in [1.29, 1.82) is 0 Å². The van der Waals surface area contributed by atoms with Gasteiger partial charge in [-0.15, -0.1) is 0 Å². The summed E-state index contributed by atoms with van der Waals surface area (Å²) < 4.78 is 5.27. The molecule has 0 bridgehead atoms. The molecule has 3 heteroatoms. The van der Waals surface area contributed by atoms with Crippen molar-refractivity contribution in [3.05, 3.63) is 52.9 Å². The van der Waals surface area contributed by atoms with Crippen LogP contribution in [0.15, 0.2) is 34.9 Å². The summed E-state index contributed by atoms with van der Waals surface area (Å²) in [5.74, 6) is 1.41. The maximum Gasteiger partial charge on any atom is 0.150 e. The normalized spacial score (nSPS) is 12.8. The van der Waals surface area contributed by atoms with Gasteiger partial charge in [0.15, 0.2) is 5.76 Å². The lowest BCUT2D eigenvalue weighted by molar-refractivity contribution is 0.341. The Balaban J connectivity index is 2.04. The third kappa shape index (κ3) is 4.43. The molecule has 21 heavy (non-hydrogen) atoms. The molecule has 0 amide bonds. The molecule has 1 heterocycles. The van der Waals surface area contributed by atoms with Crippen LogP contribution in [0.1, 0.15) is 55.8 Å². The van der Waals surface area contributed by atoms with Gasteiger partial charge in [-0.3, -0.25) is 0 Å². The fourth-order valence-corrected chi connectivity index (χ4v) is 2.63. The van der Waals surface area contributed by atoms with Crippen LogP contribution in [0.5, 0.6) is 0 Å². The lowest BCUT2D eigenvalue weighted by atomic mass is 9.94. The van der Waals surface area contributed by atoms with Gasteiger partial charge in [0.25, 0.3) is 0 Å². The minimum atomic E-state index is 0.325. The minimum absolute atomic E-state index is 0.325. The number of benzene rings is 1. The van der Waals surface area contributed by atoms with Crippen molar-refractivity contribution in [1.82, 2.24) is 10.5 Å². The largest absolute Gasteiger partial charge is 0.360 e. The van der Waals surface area contributed by atoms with E-state index in [1.807, 2.05) is 13.0 Å². The second kappa shape index (κ2) is 7.41. The summed E-state index contributed by atoms with van der Waals surface area (Å²) in [6, 6.07) is 11.3. The van der Waals surface area contributed by atoms with Gasteiger partial charge >= 0.3 is 0 Å². The highest BCUT2D eigenvalue weighted by Gasteiger charge is 2.16. The van der Waals surface area contributed by atoms with Crippen LogP contribution < -0.4 is 5.32 Å². The maximum absolute atomic E-state index is 5.27. The van der Waals surface area contributed by atoms with Crippen molar-refractivity contribution >= 4 is 0 Å². The summed E-state index contributed by atoms with van der Waals surface area (Å²) in [5.41, 5.74) is 3.67. The second-order valence-corrected chi connectivity index (χ2v) is 6.03. The molecule has 0 aliphatic rings. The van der Waals surface area contributed by atoms with Crippen LogP contribution in [0.3, 0.4) is 0 Å². The Morgan fingerprint density at radius 3 is 2.43 bits per heavy atom. The summed E-state index contributed by atoms with van der Waals surface area (Å²) in [6.45, 7) is 9.35. The average molecular weight is 286 g/mol. The van der Waals surface area contributed by atoms with Crippen LogP contribution in [0.4, 0.5) is 0 Å². The summed E-state index contributed by atoms with van der Waals surface area (Å²) in [5, 5.41) is 7.51. The predicted octanol–water partition coefficient (Wildman–Crippen LogP) is 4.42. The van der Waals surface area contributed by atoms with Gasteiger partial charge in [-0.05, 0) is 30.4 Å². The van der Waals surface area contributed by atoms with Crippen LogP contribution in [-0.4, -0.2) is 5.16 Å². The Labute approximate surface area is 127 Å². The molecule has 0 aliphatic carbocycles. The Hall–Kier alpha value is -1.61. The highest BCUT2D eigenvalue weighted by Crippen LogP contribution is 2.23. The average Bonchev–Trinajstić information content (AvgIpc) is 2.86. The van der Waals surface area contributed by atoms with E-state index >= 15 is 0 Å². The lowest BCUT2D eigenvalue weighted by Gasteiger charge is -2.22. The van der Waals surface area contributed by atoms with E-state index in [0.717, 1.165) is 17.9 Å². The van der Waals surface area contributed by atoms with E-state index in [-0.39, 0.29) is 0 Å². The molecule has 0 spiro atoms. The zero-order valence-corrected chi connectivity index (χ0v) is 13.5. The highest BCUT2D eigenvalue weighted by molar-refractivity contribution is 5.25. The van der Waals surface area contributed by atoms with E-state index in [4.69, 9.17) is 4.52 Å². The number of hydrogen-bond donors (Lipinski definition) is 1. The molecule has 3 nitrogen and oxygen atoms in total. The third-order valence-corrected chi connectivity index (χ3v) is 3.72. The molecular weight excluding hydrogens is 260 g/mol. The zero-order chi connectivity index (χ0) is 15.2. The minimum Gasteiger partial charge on any atom is -0.360 e. The highest BCUT2D eigenvalue weighted by atomic mass is 16.5. The van der Waals surface area contributed by atoms with Gasteiger partial charge in [0, 0.05) is 12.1 Å².